The Morgan fingerprint density at radius 3 is 2.50 bits per heavy atom. The zero-order valence-corrected chi connectivity index (χ0v) is 9.27. The monoisotopic (exact) mass is 218 g/mol. The summed E-state index contributed by atoms with van der Waals surface area (Å²) in [6.45, 7) is 3.83. The lowest BCUT2D eigenvalue weighted by Crippen LogP contribution is -2.04. The summed E-state index contributed by atoms with van der Waals surface area (Å²) < 4.78 is 5.32. The molecule has 5 nitrogen and oxygen atoms in total. The van der Waals surface area contributed by atoms with Crippen molar-refractivity contribution in [2.75, 3.05) is 5.32 Å². The minimum Gasteiger partial charge on any atom is -0.406 e. The van der Waals surface area contributed by atoms with Gasteiger partial charge in [-0.1, -0.05) is 22.8 Å². The van der Waals surface area contributed by atoms with Gasteiger partial charge in [0.15, 0.2) is 0 Å². The molecular weight excluding hydrogens is 204 g/mol. The van der Waals surface area contributed by atoms with Crippen LogP contribution in [0.5, 0.6) is 0 Å². The summed E-state index contributed by atoms with van der Waals surface area (Å²) in [6.07, 6.45) is 0. The largest absolute Gasteiger partial charge is 0.406 e. The maximum Gasteiger partial charge on any atom is 0.320 e. The smallest absolute Gasteiger partial charge is 0.320 e. The van der Waals surface area contributed by atoms with Crippen molar-refractivity contribution >= 4 is 11.7 Å². The van der Waals surface area contributed by atoms with E-state index in [9.17, 15) is 0 Å². The molecule has 1 heterocycles. The van der Waals surface area contributed by atoms with Gasteiger partial charge in [0, 0.05) is 5.69 Å². The Hall–Kier alpha value is -1.88. The molecule has 84 valence electrons. The molecule has 0 spiro atoms. The summed E-state index contributed by atoms with van der Waals surface area (Å²) >= 11 is 0. The first-order chi connectivity index (χ1) is 7.65. The molecule has 2 rings (SSSR count). The predicted octanol–water partition coefficient (Wildman–Crippen LogP) is 2.14. The average Bonchev–Trinajstić information content (AvgIpc) is 2.70. The maximum atomic E-state index is 5.62. The molecule has 1 aromatic heterocycles. The molecule has 0 aliphatic carbocycles. The van der Waals surface area contributed by atoms with Crippen LogP contribution in [0, 0.1) is 6.92 Å². The van der Waals surface area contributed by atoms with E-state index in [-0.39, 0.29) is 6.04 Å². The van der Waals surface area contributed by atoms with E-state index in [1.54, 1.807) is 6.92 Å². The van der Waals surface area contributed by atoms with Crippen LogP contribution >= 0.6 is 0 Å². The molecule has 0 aliphatic heterocycles. The highest BCUT2D eigenvalue weighted by Crippen LogP contribution is 2.17. The number of aryl methyl sites for hydroxylation is 1. The van der Waals surface area contributed by atoms with Gasteiger partial charge in [-0.05, 0) is 26.0 Å². The van der Waals surface area contributed by atoms with Crippen molar-refractivity contribution < 1.29 is 4.42 Å². The first-order valence-corrected chi connectivity index (χ1v) is 5.08. The zero-order valence-electron chi connectivity index (χ0n) is 9.27. The predicted molar refractivity (Wildman–Crippen MR) is 61.4 cm³/mol. The Morgan fingerprint density at radius 1 is 1.25 bits per heavy atom. The van der Waals surface area contributed by atoms with Crippen LogP contribution in [0.4, 0.5) is 11.7 Å². The topological polar surface area (TPSA) is 77.0 Å². The van der Waals surface area contributed by atoms with Gasteiger partial charge < -0.3 is 15.5 Å². The molecule has 0 radical (unpaired) electrons. The second kappa shape index (κ2) is 4.32. The minimum absolute atomic E-state index is 0.249. The standard InChI is InChI=1S/C11H14N4O/c1-7-3-5-9(6-4-7)13-11-15-14-10(16-11)8(2)12/h3-6,8H,12H2,1-2H3,(H,13,15). The number of benzene rings is 1. The lowest BCUT2D eigenvalue weighted by atomic mass is 10.2. The van der Waals surface area contributed by atoms with Crippen LogP contribution < -0.4 is 11.1 Å². The fourth-order valence-electron chi connectivity index (χ4n) is 1.23. The zero-order chi connectivity index (χ0) is 11.5. The summed E-state index contributed by atoms with van der Waals surface area (Å²) in [5, 5.41) is 10.7. The highest BCUT2D eigenvalue weighted by atomic mass is 16.4. The molecule has 0 fully saturated rings. The van der Waals surface area contributed by atoms with E-state index in [1.165, 1.54) is 5.56 Å². The van der Waals surface area contributed by atoms with Crippen LogP contribution in [0.2, 0.25) is 0 Å². The Kier molecular flexibility index (Phi) is 2.87. The molecule has 0 bridgehead atoms. The molecule has 1 aromatic carbocycles. The van der Waals surface area contributed by atoms with E-state index in [2.05, 4.69) is 15.5 Å². The van der Waals surface area contributed by atoms with Crippen molar-refractivity contribution in [3.63, 3.8) is 0 Å². The molecule has 0 saturated carbocycles. The van der Waals surface area contributed by atoms with Crippen molar-refractivity contribution in [1.82, 2.24) is 10.2 Å². The number of hydrogen-bond acceptors (Lipinski definition) is 5. The first kappa shape index (κ1) is 10.6. The van der Waals surface area contributed by atoms with Gasteiger partial charge in [-0.3, -0.25) is 0 Å². The van der Waals surface area contributed by atoms with Crippen molar-refractivity contribution in [2.24, 2.45) is 5.73 Å². The first-order valence-electron chi connectivity index (χ1n) is 5.08. The second-order valence-corrected chi connectivity index (χ2v) is 3.73. The Labute approximate surface area is 93.7 Å². The molecular formula is C11H14N4O. The van der Waals surface area contributed by atoms with Gasteiger partial charge in [-0.15, -0.1) is 5.10 Å². The van der Waals surface area contributed by atoms with Crippen molar-refractivity contribution in [2.45, 2.75) is 19.9 Å². The Morgan fingerprint density at radius 2 is 1.94 bits per heavy atom. The lowest BCUT2D eigenvalue weighted by molar-refractivity contribution is 0.475. The summed E-state index contributed by atoms with van der Waals surface area (Å²) in [5.41, 5.74) is 7.73. The van der Waals surface area contributed by atoms with E-state index in [4.69, 9.17) is 10.2 Å². The third-order valence-electron chi connectivity index (χ3n) is 2.13. The number of nitrogens with two attached hydrogens (primary N) is 1. The van der Waals surface area contributed by atoms with Gasteiger partial charge in [0.1, 0.15) is 0 Å². The molecule has 3 N–H and O–H groups in total. The highest BCUT2D eigenvalue weighted by Gasteiger charge is 2.09. The maximum absolute atomic E-state index is 5.62. The van der Waals surface area contributed by atoms with Gasteiger partial charge >= 0.3 is 6.01 Å². The summed E-state index contributed by atoms with van der Waals surface area (Å²) in [4.78, 5) is 0. The van der Waals surface area contributed by atoms with Crippen molar-refractivity contribution in [3.05, 3.63) is 35.7 Å². The van der Waals surface area contributed by atoms with Crippen molar-refractivity contribution in [1.29, 1.82) is 0 Å². The van der Waals surface area contributed by atoms with E-state index in [0.29, 0.717) is 11.9 Å². The van der Waals surface area contributed by atoms with Gasteiger partial charge in [0.2, 0.25) is 5.89 Å². The van der Waals surface area contributed by atoms with Gasteiger partial charge in [0.25, 0.3) is 0 Å². The van der Waals surface area contributed by atoms with Gasteiger partial charge in [-0.25, -0.2) is 0 Å². The summed E-state index contributed by atoms with van der Waals surface area (Å²) in [6, 6.07) is 8.02. The van der Waals surface area contributed by atoms with Crippen LogP contribution in [0.15, 0.2) is 28.7 Å². The minimum atomic E-state index is -0.249. The van der Waals surface area contributed by atoms with E-state index in [0.717, 1.165) is 5.69 Å². The fourth-order valence-corrected chi connectivity index (χ4v) is 1.23. The molecule has 16 heavy (non-hydrogen) atoms. The van der Waals surface area contributed by atoms with E-state index >= 15 is 0 Å². The number of nitrogens with one attached hydrogen (secondary N) is 1. The fraction of sp³-hybridized carbons (Fsp3) is 0.273. The number of hydrogen-bond donors (Lipinski definition) is 2. The molecule has 2 aromatic rings. The second-order valence-electron chi connectivity index (χ2n) is 3.73. The third-order valence-corrected chi connectivity index (χ3v) is 2.13. The summed E-state index contributed by atoms with van der Waals surface area (Å²) in [5.74, 6) is 0.426. The average molecular weight is 218 g/mol. The van der Waals surface area contributed by atoms with Crippen LogP contribution in [0.3, 0.4) is 0 Å². The number of nitrogens with zero attached hydrogens (tertiary/aromatic N) is 2. The van der Waals surface area contributed by atoms with Gasteiger partial charge in [0.05, 0.1) is 6.04 Å². The molecule has 1 atom stereocenters. The normalized spacial score (nSPS) is 12.4. The van der Waals surface area contributed by atoms with Crippen LogP contribution in [-0.2, 0) is 0 Å². The van der Waals surface area contributed by atoms with Crippen LogP contribution in [-0.4, -0.2) is 10.2 Å². The number of rotatable bonds is 3. The van der Waals surface area contributed by atoms with E-state index < -0.39 is 0 Å². The van der Waals surface area contributed by atoms with Gasteiger partial charge in [-0.2, -0.15) is 0 Å². The molecule has 0 saturated heterocycles. The Balaban J connectivity index is 2.11. The third kappa shape index (κ3) is 2.38. The van der Waals surface area contributed by atoms with Crippen LogP contribution in [0.1, 0.15) is 24.4 Å². The van der Waals surface area contributed by atoms with E-state index in [1.807, 2.05) is 31.2 Å². The molecule has 0 aliphatic rings. The molecule has 0 amide bonds. The summed E-state index contributed by atoms with van der Waals surface area (Å²) in [7, 11) is 0. The quantitative estimate of drug-likeness (QED) is 0.825. The molecule has 5 heteroatoms. The number of anilines is 2. The molecule has 1 unspecified atom stereocenters. The highest BCUT2D eigenvalue weighted by molar-refractivity contribution is 5.52. The van der Waals surface area contributed by atoms with Crippen molar-refractivity contribution in [3.8, 4) is 0 Å². The number of aromatic nitrogens is 2. The Bertz CT molecular complexity index is 461. The lowest BCUT2D eigenvalue weighted by Gasteiger charge is -2.01. The SMILES string of the molecule is Cc1ccc(Nc2nnc(C(C)N)o2)cc1. The van der Waals surface area contributed by atoms with Crippen LogP contribution in [0.25, 0.3) is 0 Å².